The summed E-state index contributed by atoms with van der Waals surface area (Å²) in [5, 5.41) is 1.89. The van der Waals surface area contributed by atoms with Crippen LogP contribution in [0.1, 0.15) is 16.7 Å². The Hall–Kier alpha value is 1.65. The summed E-state index contributed by atoms with van der Waals surface area (Å²) in [6.45, 7) is 66.2. The second kappa shape index (κ2) is 11.1. The van der Waals surface area contributed by atoms with Crippen LogP contribution in [0, 0.1) is 0 Å². The van der Waals surface area contributed by atoms with Crippen molar-refractivity contribution >= 4 is 92.5 Å². The van der Waals surface area contributed by atoms with Crippen molar-refractivity contribution in [2.75, 3.05) is 0 Å². The Balaban J connectivity index is 3.63. The Morgan fingerprint density at radius 3 is 0.977 bits per heavy atom. The predicted molar refractivity (Wildman–Crippen MR) is 233 cm³/mol. The molecule has 0 aromatic heterocycles. The van der Waals surface area contributed by atoms with E-state index in [2.05, 4.69) is 169 Å². The van der Waals surface area contributed by atoms with Gasteiger partial charge in [0.05, 0.1) is 16.1 Å². The molecule has 0 aliphatic carbocycles. The molecule has 2 rings (SSSR count). The van der Waals surface area contributed by atoms with Gasteiger partial charge in [-0.25, -0.2) is 0 Å². The molecule has 0 saturated heterocycles. The van der Waals surface area contributed by atoms with Crippen LogP contribution in [0.15, 0.2) is 12.1 Å². The van der Waals surface area contributed by atoms with Gasteiger partial charge in [-0.05, 0) is 34.7 Å². The van der Waals surface area contributed by atoms with E-state index in [9.17, 15) is 0 Å². The van der Waals surface area contributed by atoms with Crippen LogP contribution in [0.4, 0.5) is 0 Å². The van der Waals surface area contributed by atoms with Gasteiger partial charge in [-0.2, -0.15) is 0 Å². The minimum Gasteiger partial charge on any atom is -0.122 e. The fraction of sp³-hybridized carbons (Fsp3) is 0.818. The molecule has 1 aliphatic heterocycles. The summed E-state index contributed by atoms with van der Waals surface area (Å²) in [5.41, 5.74) is 5.66. The van der Waals surface area contributed by atoms with Crippen molar-refractivity contribution in [3.63, 3.8) is 0 Å². The molecule has 0 saturated carbocycles. The molecule has 0 spiro atoms. The van der Waals surface area contributed by atoms with E-state index in [-0.39, 0.29) is 0 Å². The maximum atomic E-state index is 4.73. The van der Waals surface area contributed by atoms with E-state index in [1.165, 1.54) is 0 Å². The zero-order valence-corrected chi connectivity index (χ0v) is 44.1. The lowest BCUT2D eigenvalue weighted by molar-refractivity contribution is 0.939. The van der Waals surface area contributed by atoms with E-state index in [0.29, 0.717) is 12.9 Å². The average Bonchev–Trinajstić information content (AvgIpc) is 2.58. The Bertz CT molecular complexity index is 1130. The van der Waals surface area contributed by atoms with Crippen LogP contribution in [-0.2, 0) is 12.9 Å². The van der Waals surface area contributed by atoms with Gasteiger partial charge < -0.3 is 0 Å². The van der Waals surface area contributed by atoms with Crippen LogP contribution in [0.3, 0.4) is 0 Å². The van der Waals surface area contributed by atoms with Crippen molar-refractivity contribution in [3.8, 4) is 0 Å². The summed E-state index contributed by atoms with van der Waals surface area (Å²) in [6.07, 6.45) is 0. The first-order valence-electron chi connectivity index (χ1n) is 17.1. The second-order valence-electron chi connectivity index (χ2n) is 22.5. The molecule has 0 N–H and O–H groups in total. The molecule has 10 heteroatoms. The molecule has 1 radical (unpaired) electrons. The van der Waals surface area contributed by atoms with Gasteiger partial charge in [0.25, 0.3) is 0 Å². The maximum Gasteiger partial charge on any atom is 0.175 e. The first-order chi connectivity index (χ1) is 18.4. The topological polar surface area (TPSA) is 0 Å². The maximum absolute atomic E-state index is 4.73. The zero-order chi connectivity index (χ0) is 34.8. The van der Waals surface area contributed by atoms with Gasteiger partial charge in [0.1, 0.15) is 0 Å². The van der Waals surface area contributed by atoms with Crippen LogP contribution in [0.2, 0.25) is 157 Å². The molecule has 0 amide bonds. The van der Waals surface area contributed by atoms with Gasteiger partial charge >= 0.3 is 0 Å². The number of benzene rings is 1. The molecule has 43 heavy (non-hydrogen) atoms. The predicted octanol–water partition coefficient (Wildman–Crippen LogP) is 11.6. The molecular formula is C33H74BrSi9. The Morgan fingerprint density at radius 1 is 0.465 bits per heavy atom. The minimum atomic E-state index is -1.68. The Labute approximate surface area is 289 Å². The van der Waals surface area contributed by atoms with E-state index in [1.807, 2.05) is 21.9 Å². The summed E-state index contributed by atoms with van der Waals surface area (Å²) in [5.74, 6) is 0. The molecule has 1 aliphatic rings. The summed E-state index contributed by atoms with van der Waals surface area (Å²) in [6, 6.07) is 6.00. The normalized spacial score (nSPS) is 18.4. The van der Waals surface area contributed by atoms with E-state index >= 15 is 0 Å². The van der Waals surface area contributed by atoms with E-state index in [4.69, 9.17) is 15.3 Å². The highest BCUT2D eigenvalue weighted by Gasteiger charge is 2.71. The number of hydrogen-bond donors (Lipinski definition) is 0. The van der Waals surface area contributed by atoms with Crippen LogP contribution >= 0.6 is 15.3 Å². The van der Waals surface area contributed by atoms with Crippen molar-refractivity contribution in [2.24, 2.45) is 0 Å². The van der Waals surface area contributed by atoms with Gasteiger partial charge in [0.15, 0.2) is 7.42 Å². The van der Waals surface area contributed by atoms with Crippen LogP contribution in [0.25, 0.3) is 0 Å². The van der Waals surface area contributed by atoms with Crippen molar-refractivity contribution in [3.05, 3.63) is 28.8 Å². The average molecular weight is 804 g/mol. The molecule has 0 unspecified atom stereocenters. The standard InChI is InChI=1S/C33H74BrSi9/c1-36(2,3)31(37(4,5)6)28-25-27(32(38(7,8)9,39(10,11)12)40(13,14)15)26-29(30(28)35(31)34)33(41(16,17)18,42(19,20)21)43(22,23)24/h25-26H,1-24H3. The van der Waals surface area contributed by atoms with Crippen LogP contribution in [-0.4, -0.2) is 72.0 Å². The number of halogens is 1. The third-order valence-corrected chi connectivity index (χ3v) is 76.7. The quantitative estimate of drug-likeness (QED) is 0.163. The largest absolute Gasteiger partial charge is 0.175 e. The Morgan fingerprint density at radius 2 is 0.744 bits per heavy atom. The number of fused-ring (bicyclic) bond motifs is 1. The van der Waals surface area contributed by atoms with Gasteiger partial charge in [-0.1, -0.05) is 169 Å². The zero-order valence-electron chi connectivity index (χ0n) is 33.5. The van der Waals surface area contributed by atoms with E-state index in [1.54, 1.807) is 0 Å². The molecule has 0 nitrogen and oxygen atoms in total. The monoisotopic (exact) mass is 801 g/mol. The summed E-state index contributed by atoms with van der Waals surface area (Å²) >= 11 is 4.73. The van der Waals surface area contributed by atoms with Gasteiger partial charge in [-0.3, -0.25) is 0 Å². The Kier molecular flexibility index (Phi) is 10.5. The van der Waals surface area contributed by atoms with Crippen molar-refractivity contribution < 1.29 is 0 Å². The highest BCUT2D eigenvalue weighted by Crippen LogP contribution is 2.59. The number of hydrogen-bond acceptors (Lipinski definition) is 0. The van der Waals surface area contributed by atoms with Crippen LogP contribution < -0.4 is 5.19 Å². The molecule has 0 atom stereocenters. The minimum absolute atomic E-state index is 0.403. The van der Waals surface area contributed by atoms with Crippen molar-refractivity contribution in [1.29, 1.82) is 0 Å². The highest BCUT2D eigenvalue weighted by atomic mass is 79.9. The third-order valence-electron chi connectivity index (χ3n) is 11.9. The molecule has 1 aromatic carbocycles. The first-order valence-corrected chi connectivity index (χ1v) is 48.9. The van der Waals surface area contributed by atoms with Crippen LogP contribution in [0.5, 0.6) is 0 Å². The molecule has 1 aromatic rings. The van der Waals surface area contributed by atoms with Crippen molar-refractivity contribution in [2.45, 2.75) is 170 Å². The third kappa shape index (κ3) is 5.47. The smallest absolute Gasteiger partial charge is 0.122 e. The lowest BCUT2D eigenvalue weighted by Crippen LogP contribution is -2.84. The fourth-order valence-electron chi connectivity index (χ4n) is 13.8. The first kappa shape index (κ1) is 40.8. The highest BCUT2D eigenvalue weighted by molar-refractivity contribution is 9.25. The van der Waals surface area contributed by atoms with Gasteiger partial charge in [0, 0.05) is 48.4 Å². The molecule has 0 bridgehead atoms. The second-order valence-corrected chi connectivity index (χ2v) is 73.3. The van der Waals surface area contributed by atoms with E-state index < -0.39 is 72.0 Å². The fourth-order valence-corrected chi connectivity index (χ4v) is 106. The molecule has 249 valence electrons. The molecule has 1 heterocycles. The summed E-state index contributed by atoms with van der Waals surface area (Å²) in [4.78, 5) is 0. The van der Waals surface area contributed by atoms with Gasteiger partial charge in [-0.15, -0.1) is 15.3 Å². The lowest BCUT2D eigenvalue weighted by atomic mass is 10.1. The summed E-state index contributed by atoms with van der Waals surface area (Å²) in [7, 11) is -14.1. The molecular weight excluding hydrogens is 729 g/mol. The van der Waals surface area contributed by atoms with Gasteiger partial charge in [0.2, 0.25) is 0 Å². The number of rotatable bonds is 10. The summed E-state index contributed by atoms with van der Waals surface area (Å²) < 4.78 is 1.25. The SMILES string of the molecule is C[Si](C)(C)C1([Si](C)(C)C)c2cc(C([Si](C)(C)C)([Si](C)(C)C)[Si](C)(C)C)cc(C([Si](C)(C)C)([Si](C)(C)C)[Si](C)(C)C)c2[Si]1Br. The molecule has 0 fully saturated rings. The lowest BCUT2D eigenvalue weighted by Gasteiger charge is -2.67. The van der Waals surface area contributed by atoms with E-state index in [0.717, 1.165) is 0 Å². The van der Waals surface area contributed by atoms with Crippen molar-refractivity contribution in [1.82, 2.24) is 0 Å².